The Labute approximate surface area is 99.8 Å². The lowest BCUT2D eigenvalue weighted by molar-refractivity contribution is 1.29. The summed E-state index contributed by atoms with van der Waals surface area (Å²) in [6.07, 6.45) is 0. The van der Waals surface area contributed by atoms with Gasteiger partial charge in [-0.15, -0.1) is 0 Å². The maximum absolute atomic E-state index is 8.74. The maximum atomic E-state index is 8.74. The highest BCUT2D eigenvalue weighted by molar-refractivity contribution is 9.10. The second kappa shape index (κ2) is 4.05. The van der Waals surface area contributed by atoms with Crippen LogP contribution in [0.15, 0.2) is 28.9 Å². The molecule has 0 unspecified atom stereocenters. The summed E-state index contributed by atoms with van der Waals surface area (Å²) in [4.78, 5) is 7.08. The zero-order valence-electron chi connectivity index (χ0n) is 7.46. The van der Waals surface area contributed by atoms with E-state index in [2.05, 4.69) is 25.9 Å². The molecule has 0 aliphatic rings. The molecule has 1 aromatic heterocycles. The van der Waals surface area contributed by atoms with E-state index in [4.69, 9.17) is 16.9 Å². The van der Waals surface area contributed by atoms with Crippen LogP contribution in [0, 0.1) is 11.3 Å². The molecular formula is C10H5BrClN3. The molecule has 0 amide bonds. The highest BCUT2D eigenvalue weighted by atomic mass is 79.9. The van der Waals surface area contributed by atoms with Crippen molar-refractivity contribution in [3.05, 3.63) is 39.6 Å². The summed E-state index contributed by atoms with van der Waals surface area (Å²) in [6, 6.07) is 9.26. The Morgan fingerprint density at radius 1 is 1.47 bits per heavy atom. The molecule has 0 spiro atoms. The molecule has 2 rings (SSSR count). The number of rotatable bonds is 1. The lowest BCUT2D eigenvalue weighted by Crippen LogP contribution is -1.80. The number of benzene rings is 1. The molecule has 1 heterocycles. The molecule has 0 bridgehead atoms. The van der Waals surface area contributed by atoms with Gasteiger partial charge in [-0.3, -0.25) is 0 Å². The SMILES string of the molecule is N#Cc1nc(-c2cccc(Cl)c2)[nH]c1Br. The van der Waals surface area contributed by atoms with E-state index in [0.29, 0.717) is 21.1 Å². The minimum atomic E-state index is 0.338. The fourth-order valence-corrected chi connectivity index (χ4v) is 1.75. The molecule has 74 valence electrons. The van der Waals surface area contributed by atoms with E-state index in [1.54, 1.807) is 12.1 Å². The Hall–Kier alpha value is -1.31. The lowest BCUT2D eigenvalue weighted by atomic mass is 10.2. The molecule has 15 heavy (non-hydrogen) atoms. The normalized spacial score (nSPS) is 9.93. The van der Waals surface area contributed by atoms with Gasteiger partial charge in [0.25, 0.3) is 0 Å². The van der Waals surface area contributed by atoms with Crippen LogP contribution in [0.1, 0.15) is 5.69 Å². The molecule has 0 radical (unpaired) electrons. The smallest absolute Gasteiger partial charge is 0.173 e. The van der Waals surface area contributed by atoms with E-state index in [1.165, 1.54) is 0 Å². The van der Waals surface area contributed by atoms with Crippen molar-refractivity contribution in [3.63, 3.8) is 0 Å². The molecule has 3 nitrogen and oxygen atoms in total. The van der Waals surface area contributed by atoms with Crippen molar-refractivity contribution in [2.24, 2.45) is 0 Å². The number of aromatic nitrogens is 2. The van der Waals surface area contributed by atoms with Crippen molar-refractivity contribution in [3.8, 4) is 17.5 Å². The van der Waals surface area contributed by atoms with Crippen molar-refractivity contribution in [2.75, 3.05) is 0 Å². The summed E-state index contributed by atoms with van der Waals surface area (Å²) < 4.78 is 0.583. The van der Waals surface area contributed by atoms with Gasteiger partial charge in [0.15, 0.2) is 5.69 Å². The summed E-state index contributed by atoms with van der Waals surface area (Å²) in [7, 11) is 0. The predicted molar refractivity (Wildman–Crippen MR) is 61.4 cm³/mol. The van der Waals surface area contributed by atoms with Gasteiger partial charge in [0, 0.05) is 10.6 Å². The van der Waals surface area contributed by atoms with Crippen molar-refractivity contribution < 1.29 is 0 Å². The Bertz CT molecular complexity index is 542. The largest absolute Gasteiger partial charge is 0.332 e. The summed E-state index contributed by atoms with van der Waals surface area (Å²) in [5, 5.41) is 9.38. The maximum Gasteiger partial charge on any atom is 0.173 e. The Morgan fingerprint density at radius 2 is 2.27 bits per heavy atom. The molecule has 2 aromatic rings. The number of nitrogens with zero attached hydrogens (tertiary/aromatic N) is 2. The van der Waals surface area contributed by atoms with Crippen LogP contribution in [0.25, 0.3) is 11.4 Å². The topological polar surface area (TPSA) is 52.5 Å². The molecule has 1 N–H and O–H groups in total. The second-order valence-corrected chi connectivity index (χ2v) is 4.10. The van der Waals surface area contributed by atoms with E-state index in [0.717, 1.165) is 5.56 Å². The van der Waals surface area contributed by atoms with Gasteiger partial charge >= 0.3 is 0 Å². The van der Waals surface area contributed by atoms with E-state index in [1.807, 2.05) is 18.2 Å². The zero-order chi connectivity index (χ0) is 10.8. The van der Waals surface area contributed by atoms with Crippen molar-refractivity contribution in [1.82, 2.24) is 9.97 Å². The van der Waals surface area contributed by atoms with Crippen LogP contribution >= 0.6 is 27.5 Å². The third-order valence-corrected chi connectivity index (χ3v) is 2.67. The van der Waals surface area contributed by atoms with Gasteiger partial charge in [0.2, 0.25) is 0 Å². The van der Waals surface area contributed by atoms with Crippen LogP contribution in [0.5, 0.6) is 0 Å². The summed E-state index contributed by atoms with van der Waals surface area (Å²) in [5.41, 5.74) is 1.19. The fourth-order valence-electron chi connectivity index (χ4n) is 1.20. The van der Waals surface area contributed by atoms with Gasteiger partial charge in [0.1, 0.15) is 16.5 Å². The lowest BCUT2D eigenvalue weighted by Gasteiger charge is -1.96. The summed E-state index contributed by atoms with van der Waals surface area (Å²) >= 11 is 9.08. The monoisotopic (exact) mass is 281 g/mol. The number of nitrogens with one attached hydrogen (secondary N) is 1. The standard InChI is InChI=1S/C10H5BrClN3/c11-9-8(5-13)14-10(15-9)6-2-1-3-7(12)4-6/h1-4H,(H,14,15). The first-order chi connectivity index (χ1) is 7.20. The molecule has 0 saturated heterocycles. The highest BCUT2D eigenvalue weighted by Gasteiger charge is 2.08. The molecule has 0 aliphatic heterocycles. The van der Waals surface area contributed by atoms with Crippen LogP contribution in [-0.4, -0.2) is 9.97 Å². The molecule has 0 aliphatic carbocycles. The first-order valence-corrected chi connectivity index (χ1v) is 5.29. The highest BCUT2D eigenvalue weighted by Crippen LogP contribution is 2.23. The van der Waals surface area contributed by atoms with Crippen LogP contribution < -0.4 is 0 Å². The first kappa shape index (κ1) is 10.2. The zero-order valence-corrected chi connectivity index (χ0v) is 9.80. The van der Waals surface area contributed by atoms with Crippen LogP contribution in [0.3, 0.4) is 0 Å². The van der Waals surface area contributed by atoms with Gasteiger partial charge in [-0.1, -0.05) is 23.7 Å². The first-order valence-electron chi connectivity index (χ1n) is 4.12. The molecule has 1 aromatic carbocycles. The third kappa shape index (κ3) is 2.04. The van der Waals surface area contributed by atoms with E-state index in [9.17, 15) is 0 Å². The van der Waals surface area contributed by atoms with Gasteiger partial charge in [-0.05, 0) is 28.1 Å². The summed E-state index contributed by atoms with van der Waals surface area (Å²) in [5.74, 6) is 0.626. The average Bonchev–Trinajstić information content (AvgIpc) is 2.60. The Balaban J connectivity index is 2.51. The van der Waals surface area contributed by atoms with Crippen LogP contribution in [0.4, 0.5) is 0 Å². The van der Waals surface area contributed by atoms with E-state index < -0.39 is 0 Å². The minimum absolute atomic E-state index is 0.338. The average molecular weight is 283 g/mol. The van der Waals surface area contributed by atoms with E-state index >= 15 is 0 Å². The molecule has 0 atom stereocenters. The van der Waals surface area contributed by atoms with Crippen LogP contribution in [-0.2, 0) is 0 Å². The molecular weight excluding hydrogens is 277 g/mol. The number of imidazole rings is 1. The second-order valence-electron chi connectivity index (χ2n) is 2.87. The quantitative estimate of drug-likeness (QED) is 0.872. The Kier molecular flexibility index (Phi) is 2.76. The number of aromatic amines is 1. The number of hydrogen-bond acceptors (Lipinski definition) is 2. The van der Waals surface area contributed by atoms with Crippen molar-refractivity contribution >= 4 is 27.5 Å². The fraction of sp³-hybridized carbons (Fsp3) is 0. The van der Waals surface area contributed by atoms with Crippen molar-refractivity contribution in [2.45, 2.75) is 0 Å². The third-order valence-electron chi connectivity index (χ3n) is 1.86. The minimum Gasteiger partial charge on any atom is -0.332 e. The predicted octanol–water partition coefficient (Wildman–Crippen LogP) is 3.36. The van der Waals surface area contributed by atoms with Gasteiger partial charge < -0.3 is 4.98 Å². The van der Waals surface area contributed by atoms with Gasteiger partial charge in [-0.25, -0.2) is 4.98 Å². The Morgan fingerprint density at radius 3 is 2.87 bits per heavy atom. The number of nitriles is 1. The number of H-pyrrole nitrogens is 1. The van der Waals surface area contributed by atoms with Crippen molar-refractivity contribution in [1.29, 1.82) is 5.26 Å². The molecule has 5 heteroatoms. The number of hydrogen-bond donors (Lipinski definition) is 1. The van der Waals surface area contributed by atoms with Gasteiger partial charge in [-0.2, -0.15) is 5.26 Å². The number of halogens is 2. The molecule has 0 saturated carbocycles. The molecule has 0 fully saturated rings. The van der Waals surface area contributed by atoms with E-state index in [-0.39, 0.29) is 0 Å². The van der Waals surface area contributed by atoms with Gasteiger partial charge in [0.05, 0.1) is 0 Å². The summed E-state index contributed by atoms with van der Waals surface area (Å²) in [6.45, 7) is 0. The van der Waals surface area contributed by atoms with Crippen LogP contribution in [0.2, 0.25) is 5.02 Å².